The number of fused-ring (bicyclic) bond motifs is 1. The summed E-state index contributed by atoms with van der Waals surface area (Å²) in [5.74, 6) is -0.603. The minimum atomic E-state index is -0.795. The number of aromatic nitrogens is 3. The molecule has 0 unspecified atom stereocenters. The third-order valence-corrected chi connectivity index (χ3v) is 7.25. The van der Waals surface area contributed by atoms with Gasteiger partial charge in [-0.2, -0.15) is 4.98 Å². The first-order valence-corrected chi connectivity index (χ1v) is 14.2. The monoisotopic (exact) mass is 599 g/mol. The molecule has 9 nitrogen and oxygen atoms in total. The van der Waals surface area contributed by atoms with Gasteiger partial charge in [-0.3, -0.25) is 9.56 Å². The van der Waals surface area contributed by atoms with Gasteiger partial charge in [0.05, 0.1) is 23.0 Å². The lowest BCUT2D eigenvalue weighted by molar-refractivity contribution is 0.236. The lowest BCUT2D eigenvalue weighted by atomic mass is 10.0. The SMILES string of the molecule is C[C@H](N)CCCc1cc(Cl)c(F)c(-c2cc3cn(-c4ccc(CN[C@@H](CO)CCN=C(N)CF)cc4)c(=O)nc3[nH]2)c1. The highest BCUT2D eigenvalue weighted by molar-refractivity contribution is 6.31. The van der Waals surface area contributed by atoms with E-state index in [-0.39, 0.29) is 29.5 Å². The molecule has 0 amide bonds. The number of nitrogens with zero attached hydrogens (tertiary/aromatic N) is 3. The minimum absolute atomic E-state index is 0.0318. The maximum atomic E-state index is 15.0. The number of halogens is 3. The topological polar surface area (TPSA) is 147 Å². The number of aryl methyl sites for hydroxylation is 1. The van der Waals surface area contributed by atoms with Crippen LogP contribution in [0.4, 0.5) is 8.78 Å². The van der Waals surface area contributed by atoms with Crippen LogP contribution in [0.3, 0.4) is 0 Å². The second-order valence-electron chi connectivity index (χ2n) is 10.4. The van der Waals surface area contributed by atoms with Crippen molar-refractivity contribution in [1.82, 2.24) is 19.9 Å². The molecule has 0 aliphatic rings. The third kappa shape index (κ3) is 8.01. The molecule has 2 atom stereocenters. The van der Waals surface area contributed by atoms with E-state index in [2.05, 4.69) is 20.3 Å². The van der Waals surface area contributed by atoms with Gasteiger partial charge < -0.3 is 26.9 Å². The van der Waals surface area contributed by atoms with E-state index < -0.39 is 18.2 Å². The molecule has 0 saturated heterocycles. The Hall–Kier alpha value is -3.64. The fourth-order valence-corrected chi connectivity index (χ4v) is 4.88. The van der Waals surface area contributed by atoms with Gasteiger partial charge in [0.15, 0.2) is 5.82 Å². The normalized spacial score (nSPS) is 13.5. The number of hydrogen-bond donors (Lipinski definition) is 5. The Balaban J connectivity index is 1.50. The number of alkyl halides is 1. The number of aromatic amines is 1. The van der Waals surface area contributed by atoms with E-state index in [1.165, 1.54) is 4.57 Å². The van der Waals surface area contributed by atoms with Gasteiger partial charge in [-0.15, -0.1) is 0 Å². The summed E-state index contributed by atoms with van der Waals surface area (Å²) in [5.41, 5.74) is 14.3. The average molecular weight is 600 g/mol. The van der Waals surface area contributed by atoms with E-state index in [0.29, 0.717) is 53.9 Å². The van der Waals surface area contributed by atoms with Crippen LogP contribution in [-0.2, 0) is 13.0 Å². The molecule has 4 aromatic rings. The fourth-order valence-electron chi connectivity index (χ4n) is 4.64. The zero-order chi connectivity index (χ0) is 30.2. The summed E-state index contributed by atoms with van der Waals surface area (Å²) >= 11 is 6.22. The molecule has 4 rings (SSSR count). The molecule has 0 aliphatic heterocycles. The number of nitrogens with two attached hydrogens (primary N) is 2. The van der Waals surface area contributed by atoms with Crippen LogP contribution >= 0.6 is 11.6 Å². The van der Waals surface area contributed by atoms with E-state index in [4.69, 9.17) is 23.1 Å². The molecule has 0 spiro atoms. The van der Waals surface area contributed by atoms with E-state index in [1.54, 1.807) is 36.5 Å². The van der Waals surface area contributed by atoms with E-state index in [9.17, 15) is 14.3 Å². The Morgan fingerprint density at radius 1 is 1.21 bits per heavy atom. The number of H-pyrrole nitrogens is 1. The molecule has 0 fully saturated rings. The summed E-state index contributed by atoms with van der Waals surface area (Å²) in [7, 11) is 0. The number of benzene rings is 2. The van der Waals surface area contributed by atoms with Crippen molar-refractivity contribution < 1.29 is 13.9 Å². The Bertz CT molecular complexity index is 1590. The molecule has 0 bridgehead atoms. The summed E-state index contributed by atoms with van der Waals surface area (Å²) in [5, 5.41) is 13.5. The molecular formula is C30H36ClF2N7O2. The standard InChI is InChI=1S/C30H36ClF2N7O2/c1-18(34)3-2-4-20-11-24(28(33)25(31)12-20)26-13-21-16-40(30(42)39-29(21)38-26)23-7-5-19(6-8-23)15-37-22(17-41)9-10-36-27(35)14-32/h5-8,11-13,16,18,22,37,41H,2-4,9-10,14-15,17,34H2,1H3,(H2,35,36)(H,38,39,42)/t18-,22+/m0/s1. The van der Waals surface area contributed by atoms with E-state index >= 15 is 4.39 Å². The minimum Gasteiger partial charge on any atom is -0.395 e. The van der Waals surface area contributed by atoms with Crippen LogP contribution in [0.15, 0.2) is 58.4 Å². The molecule has 224 valence electrons. The van der Waals surface area contributed by atoms with Crippen molar-refractivity contribution in [3.63, 3.8) is 0 Å². The highest BCUT2D eigenvalue weighted by atomic mass is 35.5. The zero-order valence-corrected chi connectivity index (χ0v) is 24.2. The molecule has 7 N–H and O–H groups in total. The number of amidine groups is 1. The second-order valence-corrected chi connectivity index (χ2v) is 10.8. The van der Waals surface area contributed by atoms with Crippen molar-refractivity contribution in [3.8, 4) is 16.9 Å². The molecular weight excluding hydrogens is 564 g/mol. The van der Waals surface area contributed by atoms with Crippen LogP contribution in [0.2, 0.25) is 5.02 Å². The van der Waals surface area contributed by atoms with Gasteiger partial charge in [0.1, 0.15) is 18.2 Å². The number of nitrogens with one attached hydrogen (secondary N) is 2. The van der Waals surface area contributed by atoms with Crippen molar-refractivity contribution in [2.45, 2.75) is 51.2 Å². The average Bonchev–Trinajstić information content (AvgIpc) is 3.38. The van der Waals surface area contributed by atoms with Gasteiger partial charge in [0.25, 0.3) is 0 Å². The van der Waals surface area contributed by atoms with Gasteiger partial charge in [-0.05, 0) is 74.1 Å². The van der Waals surface area contributed by atoms with Crippen molar-refractivity contribution >= 4 is 28.5 Å². The fraction of sp³-hybridized carbons (Fsp3) is 0.367. The van der Waals surface area contributed by atoms with E-state index in [1.807, 2.05) is 19.1 Å². The van der Waals surface area contributed by atoms with Crippen LogP contribution < -0.4 is 22.5 Å². The van der Waals surface area contributed by atoms with Crippen LogP contribution in [-0.4, -0.2) is 57.4 Å². The van der Waals surface area contributed by atoms with Crippen molar-refractivity contribution in [3.05, 3.63) is 81.1 Å². The number of aliphatic hydroxyl groups excluding tert-OH is 1. The van der Waals surface area contributed by atoms with Crippen molar-refractivity contribution in [1.29, 1.82) is 0 Å². The van der Waals surface area contributed by atoms with Crippen LogP contribution in [0, 0.1) is 5.82 Å². The highest BCUT2D eigenvalue weighted by Crippen LogP contribution is 2.31. The summed E-state index contributed by atoms with van der Waals surface area (Å²) < 4.78 is 28.9. The first-order valence-electron chi connectivity index (χ1n) is 13.8. The summed E-state index contributed by atoms with van der Waals surface area (Å²) in [6.07, 6.45) is 4.59. The van der Waals surface area contributed by atoms with Gasteiger partial charge in [-0.1, -0.05) is 23.7 Å². The second kappa shape index (κ2) is 14.5. The quantitative estimate of drug-likeness (QED) is 0.109. The van der Waals surface area contributed by atoms with Gasteiger partial charge in [0, 0.05) is 42.3 Å². The molecule has 42 heavy (non-hydrogen) atoms. The predicted octanol–water partition coefficient (Wildman–Crippen LogP) is 4.01. The highest BCUT2D eigenvalue weighted by Gasteiger charge is 2.16. The van der Waals surface area contributed by atoms with Crippen LogP contribution in [0.5, 0.6) is 0 Å². The Morgan fingerprint density at radius 3 is 2.67 bits per heavy atom. The first-order chi connectivity index (χ1) is 20.2. The first kappa shape index (κ1) is 31.3. The molecule has 0 radical (unpaired) electrons. The van der Waals surface area contributed by atoms with Crippen molar-refractivity contribution in [2.75, 3.05) is 19.8 Å². The molecule has 2 aromatic carbocycles. The zero-order valence-electron chi connectivity index (χ0n) is 23.4. The van der Waals surface area contributed by atoms with Crippen LogP contribution in [0.25, 0.3) is 28.0 Å². The molecule has 0 aliphatic carbocycles. The summed E-state index contributed by atoms with van der Waals surface area (Å²) in [6.45, 7) is 1.84. The molecule has 0 saturated carbocycles. The smallest absolute Gasteiger partial charge is 0.354 e. The Morgan fingerprint density at radius 2 is 1.98 bits per heavy atom. The van der Waals surface area contributed by atoms with Crippen LogP contribution in [0.1, 0.15) is 37.3 Å². The van der Waals surface area contributed by atoms with Gasteiger partial charge in [0.2, 0.25) is 0 Å². The molecule has 2 aromatic heterocycles. The Labute approximate surface area is 247 Å². The number of rotatable bonds is 14. The molecule has 2 heterocycles. The molecule has 12 heteroatoms. The maximum Gasteiger partial charge on any atom is 0.354 e. The number of aliphatic hydroxyl groups is 1. The summed E-state index contributed by atoms with van der Waals surface area (Å²) in [4.78, 5) is 24.0. The maximum absolute atomic E-state index is 15.0. The van der Waals surface area contributed by atoms with E-state index in [0.717, 1.165) is 24.0 Å². The number of hydrogen-bond acceptors (Lipinski definition) is 6. The lowest BCUT2D eigenvalue weighted by Crippen LogP contribution is -2.33. The third-order valence-electron chi connectivity index (χ3n) is 6.97. The number of aliphatic imine (C=N–C) groups is 1. The summed E-state index contributed by atoms with van der Waals surface area (Å²) in [6, 6.07) is 12.3. The Kier molecular flexibility index (Phi) is 10.8. The predicted molar refractivity (Wildman–Crippen MR) is 163 cm³/mol. The van der Waals surface area contributed by atoms with Gasteiger partial charge >= 0.3 is 5.69 Å². The largest absolute Gasteiger partial charge is 0.395 e. The lowest BCUT2D eigenvalue weighted by Gasteiger charge is -2.15. The van der Waals surface area contributed by atoms with Crippen molar-refractivity contribution in [2.24, 2.45) is 16.5 Å². The van der Waals surface area contributed by atoms with Gasteiger partial charge in [-0.25, -0.2) is 13.6 Å².